The summed E-state index contributed by atoms with van der Waals surface area (Å²) >= 11 is 0. The van der Waals surface area contributed by atoms with Gasteiger partial charge in [0.25, 0.3) is 0 Å². The highest BCUT2D eigenvalue weighted by Gasteiger charge is 2.42. The van der Waals surface area contributed by atoms with Crippen molar-refractivity contribution in [3.8, 4) is 0 Å². The average Bonchev–Trinajstić information content (AvgIpc) is 2.97. The molecular formula is C12H19F3. The predicted octanol–water partition coefficient (Wildman–Crippen LogP) is 4.55. The van der Waals surface area contributed by atoms with E-state index in [9.17, 15) is 13.2 Å². The second-order valence-corrected chi connectivity index (χ2v) is 5.29. The summed E-state index contributed by atoms with van der Waals surface area (Å²) in [6.07, 6.45) is 3.47. The fourth-order valence-corrected chi connectivity index (χ4v) is 2.73. The topological polar surface area (TPSA) is 0 Å². The number of alkyl halides is 3. The van der Waals surface area contributed by atoms with Crippen molar-refractivity contribution >= 4 is 0 Å². The van der Waals surface area contributed by atoms with Gasteiger partial charge in [0.05, 0.1) is 5.92 Å². The molecule has 0 amide bonds. The molecule has 0 nitrogen and oxygen atoms in total. The van der Waals surface area contributed by atoms with Gasteiger partial charge < -0.3 is 0 Å². The molecule has 15 heavy (non-hydrogen) atoms. The summed E-state index contributed by atoms with van der Waals surface area (Å²) < 4.78 is 37.6. The molecule has 0 radical (unpaired) electrons. The van der Waals surface area contributed by atoms with Gasteiger partial charge in [0.15, 0.2) is 0 Å². The summed E-state index contributed by atoms with van der Waals surface area (Å²) in [4.78, 5) is 0. The van der Waals surface area contributed by atoms with Crippen LogP contribution in [0.2, 0.25) is 0 Å². The molecule has 0 bridgehead atoms. The molecule has 2 atom stereocenters. The van der Waals surface area contributed by atoms with E-state index in [1.807, 2.05) is 0 Å². The first-order chi connectivity index (χ1) is 7.05. The number of hydrogen-bond donors (Lipinski definition) is 0. The monoisotopic (exact) mass is 220 g/mol. The zero-order valence-electron chi connectivity index (χ0n) is 9.02. The van der Waals surface area contributed by atoms with Crippen molar-refractivity contribution in [1.82, 2.24) is 0 Å². The van der Waals surface area contributed by atoms with Crippen LogP contribution in [0.1, 0.15) is 51.4 Å². The lowest BCUT2D eigenvalue weighted by Gasteiger charge is -2.30. The van der Waals surface area contributed by atoms with Crippen LogP contribution in [0, 0.1) is 17.8 Å². The molecule has 0 spiro atoms. The zero-order valence-corrected chi connectivity index (χ0v) is 9.02. The highest BCUT2D eigenvalue weighted by atomic mass is 19.4. The molecule has 0 N–H and O–H groups in total. The molecule has 0 saturated heterocycles. The molecule has 2 aliphatic carbocycles. The van der Waals surface area contributed by atoms with Crippen molar-refractivity contribution in [2.45, 2.75) is 57.5 Å². The first-order valence-corrected chi connectivity index (χ1v) is 6.12. The van der Waals surface area contributed by atoms with Crippen molar-refractivity contribution in [2.75, 3.05) is 0 Å². The van der Waals surface area contributed by atoms with Crippen molar-refractivity contribution in [2.24, 2.45) is 17.8 Å². The van der Waals surface area contributed by atoms with Crippen LogP contribution in [0.4, 0.5) is 13.2 Å². The Kier molecular flexibility index (Phi) is 3.27. The van der Waals surface area contributed by atoms with E-state index in [1.54, 1.807) is 0 Å². The van der Waals surface area contributed by atoms with E-state index in [4.69, 9.17) is 0 Å². The molecule has 0 aromatic rings. The van der Waals surface area contributed by atoms with E-state index >= 15 is 0 Å². The third-order valence-electron chi connectivity index (χ3n) is 3.93. The van der Waals surface area contributed by atoms with Crippen LogP contribution < -0.4 is 0 Å². The van der Waals surface area contributed by atoms with Crippen molar-refractivity contribution in [3.63, 3.8) is 0 Å². The summed E-state index contributed by atoms with van der Waals surface area (Å²) in [6, 6.07) is 0. The lowest BCUT2D eigenvalue weighted by molar-refractivity contribution is -0.185. The van der Waals surface area contributed by atoms with Crippen molar-refractivity contribution in [1.29, 1.82) is 0 Å². The van der Waals surface area contributed by atoms with Crippen LogP contribution in [-0.4, -0.2) is 6.18 Å². The highest BCUT2D eigenvalue weighted by Crippen LogP contribution is 2.43. The molecule has 2 saturated carbocycles. The third kappa shape index (κ3) is 3.39. The standard InChI is InChI=1S/C12H19F3/c13-12(14,15)11-3-1-2-10(8-11)7-6-9-4-5-9/h9-11H,1-8H2. The summed E-state index contributed by atoms with van der Waals surface area (Å²) in [7, 11) is 0. The second-order valence-electron chi connectivity index (χ2n) is 5.29. The molecule has 0 heterocycles. The Balaban J connectivity index is 1.75. The maximum absolute atomic E-state index is 12.5. The van der Waals surface area contributed by atoms with Crippen LogP contribution in [0.15, 0.2) is 0 Å². The summed E-state index contributed by atoms with van der Waals surface area (Å²) in [5.74, 6) is 0.206. The van der Waals surface area contributed by atoms with Gasteiger partial charge in [-0.2, -0.15) is 13.2 Å². The lowest BCUT2D eigenvalue weighted by Crippen LogP contribution is -2.28. The van der Waals surface area contributed by atoms with E-state index in [0.29, 0.717) is 18.8 Å². The van der Waals surface area contributed by atoms with Gasteiger partial charge in [-0.3, -0.25) is 0 Å². The number of halogens is 3. The molecule has 0 aromatic heterocycles. The lowest BCUT2D eigenvalue weighted by atomic mass is 9.79. The Morgan fingerprint density at radius 3 is 2.13 bits per heavy atom. The van der Waals surface area contributed by atoms with Crippen LogP contribution in [0.5, 0.6) is 0 Å². The predicted molar refractivity (Wildman–Crippen MR) is 53.5 cm³/mol. The van der Waals surface area contributed by atoms with Crippen molar-refractivity contribution in [3.05, 3.63) is 0 Å². The molecule has 0 aliphatic heterocycles. The fraction of sp³-hybridized carbons (Fsp3) is 1.00. The van der Waals surface area contributed by atoms with Crippen LogP contribution in [-0.2, 0) is 0 Å². The van der Waals surface area contributed by atoms with Crippen LogP contribution >= 0.6 is 0 Å². The second kappa shape index (κ2) is 4.34. The molecule has 2 rings (SSSR count). The highest BCUT2D eigenvalue weighted by molar-refractivity contribution is 4.80. The van der Waals surface area contributed by atoms with Gasteiger partial charge in [-0.05, 0) is 24.7 Å². The zero-order chi connectivity index (χ0) is 10.9. The van der Waals surface area contributed by atoms with E-state index in [2.05, 4.69) is 0 Å². The Bertz CT molecular complexity index is 205. The molecule has 2 fully saturated rings. The Morgan fingerprint density at radius 1 is 0.867 bits per heavy atom. The Labute approximate surface area is 89.2 Å². The van der Waals surface area contributed by atoms with Crippen LogP contribution in [0.25, 0.3) is 0 Å². The molecule has 2 unspecified atom stereocenters. The maximum atomic E-state index is 12.5. The van der Waals surface area contributed by atoms with E-state index < -0.39 is 12.1 Å². The molecule has 88 valence electrons. The van der Waals surface area contributed by atoms with Gasteiger partial charge in [-0.1, -0.05) is 38.5 Å². The first kappa shape index (κ1) is 11.3. The minimum atomic E-state index is -3.95. The average molecular weight is 220 g/mol. The molecule has 0 aromatic carbocycles. The van der Waals surface area contributed by atoms with Gasteiger partial charge in [0.1, 0.15) is 0 Å². The Morgan fingerprint density at radius 2 is 1.53 bits per heavy atom. The first-order valence-electron chi connectivity index (χ1n) is 6.12. The van der Waals surface area contributed by atoms with Gasteiger partial charge >= 0.3 is 6.18 Å². The Hall–Kier alpha value is -0.210. The van der Waals surface area contributed by atoms with Gasteiger partial charge in [0.2, 0.25) is 0 Å². The quantitative estimate of drug-likeness (QED) is 0.654. The van der Waals surface area contributed by atoms with Gasteiger partial charge in [0, 0.05) is 0 Å². The third-order valence-corrected chi connectivity index (χ3v) is 3.93. The summed E-state index contributed by atoms with van der Waals surface area (Å²) in [6.45, 7) is 0. The van der Waals surface area contributed by atoms with Gasteiger partial charge in [-0.25, -0.2) is 0 Å². The molecule has 2 aliphatic rings. The SMILES string of the molecule is FC(F)(F)C1CCCC(CCC2CC2)C1. The van der Waals surface area contributed by atoms with Gasteiger partial charge in [-0.15, -0.1) is 0 Å². The van der Waals surface area contributed by atoms with Crippen LogP contribution in [0.3, 0.4) is 0 Å². The van der Waals surface area contributed by atoms with E-state index in [1.165, 1.54) is 19.3 Å². The summed E-state index contributed by atoms with van der Waals surface area (Å²) in [5.41, 5.74) is 0. The smallest absolute Gasteiger partial charge is 0.171 e. The molecule has 3 heteroatoms. The maximum Gasteiger partial charge on any atom is 0.391 e. The molecular weight excluding hydrogens is 201 g/mol. The summed E-state index contributed by atoms with van der Waals surface area (Å²) in [5, 5.41) is 0. The minimum absolute atomic E-state index is 0.353. The number of rotatable bonds is 3. The van der Waals surface area contributed by atoms with E-state index in [0.717, 1.165) is 25.2 Å². The van der Waals surface area contributed by atoms with E-state index in [-0.39, 0.29) is 0 Å². The number of hydrogen-bond acceptors (Lipinski definition) is 0. The fourth-order valence-electron chi connectivity index (χ4n) is 2.73. The largest absolute Gasteiger partial charge is 0.391 e. The minimum Gasteiger partial charge on any atom is -0.171 e. The van der Waals surface area contributed by atoms with Crippen molar-refractivity contribution < 1.29 is 13.2 Å². The normalized spacial score (nSPS) is 33.0.